The van der Waals surface area contributed by atoms with Gasteiger partial charge in [0.1, 0.15) is 0 Å². The van der Waals surface area contributed by atoms with Gasteiger partial charge in [-0.1, -0.05) is 81.6 Å². The van der Waals surface area contributed by atoms with Crippen LogP contribution in [-0.4, -0.2) is 28.7 Å². The zero-order chi connectivity index (χ0) is 28.2. The van der Waals surface area contributed by atoms with Crippen LogP contribution in [0.2, 0.25) is 0 Å². The van der Waals surface area contributed by atoms with Crippen LogP contribution in [0.1, 0.15) is 70.0 Å². The molecule has 0 saturated heterocycles. The minimum absolute atomic E-state index is 0.0291. The molecule has 7 heteroatoms. The molecule has 208 valence electrons. The largest absolute Gasteiger partial charge is 0.350 e. The molecule has 0 spiro atoms. The van der Waals surface area contributed by atoms with Gasteiger partial charge in [0.2, 0.25) is 5.91 Å². The second-order valence-electron chi connectivity index (χ2n) is 11.2. The van der Waals surface area contributed by atoms with Gasteiger partial charge in [0.25, 0.3) is 0 Å². The number of fused-ring (bicyclic) bond motifs is 1. The number of para-hydroxylation sites is 1. The van der Waals surface area contributed by atoms with E-state index in [4.69, 9.17) is 10.8 Å². The molecule has 0 aromatic heterocycles. The lowest BCUT2D eigenvalue weighted by atomic mass is 9.83. The van der Waals surface area contributed by atoms with Crippen molar-refractivity contribution in [2.24, 2.45) is 22.7 Å². The molecule has 0 radical (unpaired) electrons. The maximum absolute atomic E-state index is 14.4. The summed E-state index contributed by atoms with van der Waals surface area (Å²) in [5.41, 5.74) is 11.2. The molecule has 1 saturated carbocycles. The van der Waals surface area contributed by atoms with Crippen molar-refractivity contribution in [1.82, 2.24) is 5.01 Å². The molecule has 1 fully saturated rings. The summed E-state index contributed by atoms with van der Waals surface area (Å²) in [5, 5.41) is 9.70. The van der Waals surface area contributed by atoms with Crippen LogP contribution < -0.4 is 16.0 Å². The van der Waals surface area contributed by atoms with Gasteiger partial charge in [-0.25, -0.2) is 9.80 Å². The number of anilines is 3. The van der Waals surface area contributed by atoms with Gasteiger partial charge in [-0.15, -0.1) is 0 Å². The van der Waals surface area contributed by atoms with E-state index in [1.807, 2.05) is 93.6 Å². The number of benzene rings is 3. The summed E-state index contributed by atoms with van der Waals surface area (Å²) in [6.07, 6.45) is 5.73. The Bertz CT molecular complexity index is 1360. The summed E-state index contributed by atoms with van der Waals surface area (Å²) >= 11 is 0. The van der Waals surface area contributed by atoms with Crippen LogP contribution in [-0.2, 0) is 4.79 Å². The van der Waals surface area contributed by atoms with E-state index in [0.717, 1.165) is 35.4 Å². The Hall–Kier alpha value is -3.97. The van der Waals surface area contributed by atoms with Crippen molar-refractivity contribution in [3.63, 3.8) is 0 Å². The van der Waals surface area contributed by atoms with Crippen LogP contribution in [0.25, 0.3) is 0 Å². The number of carbonyl (C=O) groups excluding carboxylic acids is 2. The van der Waals surface area contributed by atoms with Gasteiger partial charge in [0, 0.05) is 17.2 Å². The van der Waals surface area contributed by atoms with Gasteiger partial charge in [0.15, 0.2) is 0 Å². The lowest BCUT2D eigenvalue weighted by Crippen LogP contribution is -2.39. The highest BCUT2D eigenvalue weighted by atomic mass is 16.2. The predicted octanol–water partition coefficient (Wildman–Crippen LogP) is 7.23. The number of hydrogen-bond donors (Lipinski definition) is 2. The molecule has 2 aliphatic rings. The minimum Gasteiger partial charge on any atom is -0.325 e. The molecule has 3 aromatic rings. The molecular weight excluding hydrogens is 498 g/mol. The third kappa shape index (κ3) is 5.65. The van der Waals surface area contributed by atoms with Crippen LogP contribution in [0.3, 0.4) is 0 Å². The highest BCUT2D eigenvalue weighted by Gasteiger charge is 2.36. The topological polar surface area (TPSA) is 91.0 Å². The van der Waals surface area contributed by atoms with E-state index >= 15 is 0 Å². The van der Waals surface area contributed by atoms with E-state index < -0.39 is 6.04 Å². The first kappa shape index (κ1) is 27.6. The summed E-state index contributed by atoms with van der Waals surface area (Å²) < 4.78 is 0. The molecule has 1 aliphatic carbocycles. The Morgan fingerprint density at radius 3 is 2.23 bits per heavy atom. The van der Waals surface area contributed by atoms with Crippen molar-refractivity contribution in [2.75, 3.05) is 10.2 Å². The van der Waals surface area contributed by atoms with Crippen molar-refractivity contribution in [3.05, 3.63) is 90.0 Å². The number of hydrogen-bond acceptors (Lipinski definition) is 4. The van der Waals surface area contributed by atoms with Crippen molar-refractivity contribution < 1.29 is 9.59 Å². The summed E-state index contributed by atoms with van der Waals surface area (Å²) in [4.78, 5) is 28.7. The van der Waals surface area contributed by atoms with E-state index in [1.54, 1.807) is 9.91 Å². The maximum Gasteiger partial charge on any atom is 0.350 e. The van der Waals surface area contributed by atoms with Crippen LogP contribution in [0.15, 0.2) is 84.0 Å². The van der Waals surface area contributed by atoms with Gasteiger partial charge >= 0.3 is 6.03 Å². The summed E-state index contributed by atoms with van der Waals surface area (Å²) in [5.74, 6) is 0.102. The predicted molar refractivity (Wildman–Crippen MR) is 162 cm³/mol. The second-order valence-corrected chi connectivity index (χ2v) is 11.2. The Labute approximate surface area is 237 Å². The second kappa shape index (κ2) is 12.0. The Morgan fingerprint density at radius 2 is 1.55 bits per heavy atom. The molecule has 40 heavy (non-hydrogen) atoms. The Morgan fingerprint density at radius 1 is 0.900 bits per heavy atom. The van der Waals surface area contributed by atoms with Crippen LogP contribution in [0, 0.1) is 11.8 Å². The number of nitrogens with one attached hydrogen (secondary N) is 1. The fourth-order valence-electron chi connectivity index (χ4n) is 5.58. The summed E-state index contributed by atoms with van der Waals surface area (Å²) in [7, 11) is 0. The molecule has 5 rings (SSSR count). The summed E-state index contributed by atoms with van der Waals surface area (Å²) in [6.45, 7) is 5.86. The number of urea groups is 1. The smallest absolute Gasteiger partial charge is 0.325 e. The normalized spacial score (nSPS) is 17.6. The van der Waals surface area contributed by atoms with Gasteiger partial charge in [0.05, 0.1) is 29.2 Å². The number of amides is 3. The SMILES string of the molecule is CC(C)[C@H](N)C(=O)Nc1ccc(N2C(=O)N(C(C)c3ccccc3)N=C(C3CCCCC3)c3ccccc32)cc1. The first-order chi connectivity index (χ1) is 19.3. The minimum atomic E-state index is -0.595. The fourth-order valence-corrected chi connectivity index (χ4v) is 5.58. The maximum atomic E-state index is 14.4. The van der Waals surface area contributed by atoms with Crippen molar-refractivity contribution in [2.45, 2.75) is 65.0 Å². The van der Waals surface area contributed by atoms with E-state index in [0.29, 0.717) is 17.3 Å². The van der Waals surface area contributed by atoms with Crippen LogP contribution >= 0.6 is 0 Å². The number of nitrogens with zero attached hydrogens (tertiary/aromatic N) is 3. The number of carbonyl (C=O) groups is 2. The van der Waals surface area contributed by atoms with Crippen molar-refractivity contribution in [1.29, 1.82) is 0 Å². The molecule has 3 N–H and O–H groups in total. The standard InChI is InChI=1S/C33H39N5O2/c1-22(2)30(34)32(39)35-26-18-20-27(21-19-26)37-29-17-11-10-16-28(29)31(25-14-8-5-9-15-25)36-38(33(37)40)23(3)24-12-6-4-7-13-24/h4,6-7,10-13,16-23,25,30H,5,8-9,14-15,34H2,1-3H3,(H,35,39)/t23?,30-/m0/s1. The van der Waals surface area contributed by atoms with Gasteiger partial charge in [-0.05, 0) is 61.6 Å². The van der Waals surface area contributed by atoms with E-state index in [-0.39, 0.29) is 23.9 Å². The van der Waals surface area contributed by atoms with Gasteiger partial charge < -0.3 is 11.1 Å². The quantitative estimate of drug-likeness (QED) is 0.333. The number of hydrazone groups is 1. The molecule has 3 amide bonds. The Balaban J connectivity index is 1.56. The third-order valence-corrected chi connectivity index (χ3v) is 8.08. The third-order valence-electron chi connectivity index (χ3n) is 8.08. The number of rotatable bonds is 7. The fraction of sp³-hybridized carbons (Fsp3) is 0.364. The van der Waals surface area contributed by atoms with Gasteiger partial charge in [-0.3, -0.25) is 9.69 Å². The first-order valence-electron chi connectivity index (χ1n) is 14.4. The van der Waals surface area contributed by atoms with Crippen molar-refractivity contribution >= 4 is 34.7 Å². The molecular formula is C33H39N5O2. The van der Waals surface area contributed by atoms with E-state index in [9.17, 15) is 9.59 Å². The molecule has 7 nitrogen and oxygen atoms in total. The number of nitrogens with two attached hydrogens (primary N) is 1. The molecule has 2 atom stereocenters. The molecule has 0 bridgehead atoms. The van der Waals surface area contributed by atoms with Crippen LogP contribution in [0.5, 0.6) is 0 Å². The van der Waals surface area contributed by atoms with E-state index in [2.05, 4.69) is 11.4 Å². The lowest BCUT2D eigenvalue weighted by molar-refractivity contribution is -0.118. The highest BCUT2D eigenvalue weighted by molar-refractivity contribution is 6.14. The molecule has 3 aromatic carbocycles. The molecule has 1 unspecified atom stereocenters. The summed E-state index contributed by atoms with van der Waals surface area (Å²) in [6, 6.07) is 24.4. The first-order valence-corrected chi connectivity index (χ1v) is 14.4. The monoisotopic (exact) mass is 537 g/mol. The van der Waals surface area contributed by atoms with Crippen LogP contribution in [0.4, 0.5) is 21.9 Å². The zero-order valence-corrected chi connectivity index (χ0v) is 23.6. The molecule has 1 aliphatic heterocycles. The van der Waals surface area contributed by atoms with E-state index in [1.165, 1.54) is 19.3 Å². The Kier molecular flexibility index (Phi) is 8.31. The van der Waals surface area contributed by atoms with Crippen molar-refractivity contribution in [3.8, 4) is 0 Å². The van der Waals surface area contributed by atoms with Gasteiger partial charge in [-0.2, -0.15) is 5.10 Å². The lowest BCUT2D eigenvalue weighted by Gasteiger charge is -2.30. The average Bonchev–Trinajstić information content (AvgIpc) is 3.11. The highest BCUT2D eigenvalue weighted by Crippen LogP contribution is 2.39. The average molecular weight is 538 g/mol. The molecule has 1 heterocycles. The zero-order valence-electron chi connectivity index (χ0n) is 23.6.